The van der Waals surface area contributed by atoms with Crippen LogP contribution in [0.15, 0.2) is 59.6 Å². The van der Waals surface area contributed by atoms with Crippen LogP contribution in [-0.2, 0) is 6.42 Å². The predicted octanol–water partition coefficient (Wildman–Crippen LogP) is 3.60. The summed E-state index contributed by atoms with van der Waals surface area (Å²) in [5, 5.41) is 1.22. The number of nitrogens with one attached hydrogen (secondary N) is 1. The molecule has 0 radical (unpaired) electrons. The van der Waals surface area contributed by atoms with E-state index in [1.165, 1.54) is 23.2 Å². The molecule has 0 unspecified atom stereocenters. The van der Waals surface area contributed by atoms with Crippen molar-refractivity contribution in [3.63, 3.8) is 0 Å². The molecule has 1 aromatic heterocycles. The minimum absolute atomic E-state index is 0. The van der Waals surface area contributed by atoms with Crippen LogP contribution in [0.1, 0.15) is 5.69 Å². The van der Waals surface area contributed by atoms with Gasteiger partial charge in [-0.3, -0.25) is 4.99 Å². The molecule has 0 bridgehead atoms. The standard InChI is InChI=1S/C21H24FN5.HI/c22-17-5-7-19(8-6-17)26-11-13-27(14-12-26)21(23)24-10-9-18-15-16-3-1-2-4-20(16)25-18;/h1-8,15,25H,9-14H2,(H2,23,24);1H. The predicted molar refractivity (Wildman–Crippen MR) is 124 cm³/mol. The van der Waals surface area contributed by atoms with Crippen LogP contribution in [0.4, 0.5) is 10.1 Å². The lowest BCUT2D eigenvalue weighted by Crippen LogP contribution is -2.51. The molecule has 148 valence electrons. The summed E-state index contributed by atoms with van der Waals surface area (Å²) in [5.74, 6) is 0.397. The maximum absolute atomic E-state index is 13.1. The van der Waals surface area contributed by atoms with Gasteiger partial charge in [-0.2, -0.15) is 0 Å². The molecule has 2 aromatic carbocycles. The number of aromatic nitrogens is 1. The minimum Gasteiger partial charge on any atom is -0.370 e. The Bertz CT molecular complexity index is 896. The van der Waals surface area contributed by atoms with Gasteiger partial charge < -0.3 is 20.5 Å². The molecule has 7 heteroatoms. The van der Waals surface area contributed by atoms with Crippen molar-refractivity contribution in [3.05, 3.63) is 66.1 Å². The largest absolute Gasteiger partial charge is 0.370 e. The van der Waals surface area contributed by atoms with Crippen LogP contribution >= 0.6 is 24.0 Å². The van der Waals surface area contributed by atoms with Crippen LogP contribution in [0.5, 0.6) is 0 Å². The highest BCUT2D eigenvalue weighted by molar-refractivity contribution is 14.0. The summed E-state index contributed by atoms with van der Waals surface area (Å²) >= 11 is 0. The first-order valence-electron chi connectivity index (χ1n) is 9.31. The number of aromatic amines is 1. The number of nitrogens with zero attached hydrogens (tertiary/aromatic N) is 3. The van der Waals surface area contributed by atoms with Gasteiger partial charge in [-0.25, -0.2) is 4.39 Å². The number of benzene rings is 2. The van der Waals surface area contributed by atoms with Gasteiger partial charge in [-0.15, -0.1) is 24.0 Å². The first-order chi connectivity index (χ1) is 13.2. The highest BCUT2D eigenvalue weighted by Crippen LogP contribution is 2.17. The number of rotatable bonds is 4. The summed E-state index contributed by atoms with van der Waals surface area (Å²) in [7, 11) is 0. The number of fused-ring (bicyclic) bond motifs is 1. The summed E-state index contributed by atoms with van der Waals surface area (Å²) in [6.07, 6.45) is 0.838. The number of H-pyrrole nitrogens is 1. The number of guanidine groups is 1. The lowest BCUT2D eigenvalue weighted by atomic mass is 10.2. The molecule has 0 aliphatic carbocycles. The Kier molecular flexibility index (Phi) is 6.77. The molecule has 2 heterocycles. The Hall–Kier alpha value is -2.29. The number of nitrogens with two attached hydrogens (primary N) is 1. The number of piperazine rings is 1. The quantitative estimate of drug-likeness (QED) is 0.332. The van der Waals surface area contributed by atoms with E-state index in [0.29, 0.717) is 12.5 Å². The van der Waals surface area contributed by atoms with Crippen molar-refractivity contribution in [1.82, 2.24) is 9.88 Å². The molecule has 3 aromatic rings. The Morgan fingerprint density at radius 3 is 2.46 bits per heavy atom. The second-order valence-corrected chi connectivity index (χ2v) is 6.82. The van der Waals surface area contributed by atoms with Gasteiger partial charge in [0, 0.05) is 56.0 Å². The van der Waals surface area contributed by atoms with Crippen LogP contribution in [0.3, 0.4) is 0 Å². The van der Waals surface area contributed by atoms with Crippen LogP contribution in [0.25, 0.3) is 10.9 Å². The van der Waals surface area contributed by atoms with Crippen molar-refractivity contribution in [1.29, 1.82) is 0 Å². The Morgan fingerprint density at radius 1 is 1.04 bits per heavy atom. The number of halogens is 2. The fourth-order valence-corrected chi connectivity index (χ4v) is 3.50. The van der Waals surface area contributed by atoms with E-state index in [0.717, 1.165) is 43.8 Å². The number of aliphatic imine (C=N–C) groups is 1. The molecule has 4 rings (SSSR count). The monoisotopic (exact) mass is 493 g/mol. The fraction of sp³-hybridized carbons (Fsp3) is 0.286. The fourth-order valence-electron chi connectivity index (χ4n) is 3.50. The van der Waals surface area contributed by atoms with E-state index in [2.05, 4.69) is 38.0 Å². The van der Waals surface area contributed by atoms with E-state index in [1.54, 1.807) is 0 Å². The van der Waals surface area contributed by atoms with Gasteiger partial charge in [0.15, 0.2) is 5.96 Å². The molecule has 1 aliphatic rings. The van der Waals surface area contributed by atoms with Gasteiger partial charge in [0.1, 0.15) is 5.82 Å². The third-order valence-corrected chi connectivity index (χ3v) is 5.04. The van der Waals surface area contributed by atoms with Crippen molar-refractivity contribution >= 4 is 46.5 Å². The molecular formula is C21H25FIN5. The van der Waals surface area contributed by atoms with Gasteiger partial charge in [-0.1, -0.05) is 18.2 Å². The summed E-state index contributed by atoms with van der Waals surface area (Å²) < 4.78 is 13.1. The van der Waals surface area contributed by atoms with Crippen LogP contribution < -0.4 is 10.6 Å². The molecule has 1 fully saturated rings. The van der Waals surface area contributed by atoms with Crippen molar-refractivity contribution in [3.8, 4) is 0 Å². The molecule has 3 N–H and O–H groups in total. The van der Waals surface area contributed by atoms with E-state index < -0.39 is 0 Å². The summed E-state index contributed by atoms with van der Waals surface area (Å²) in [6, 6.07) is 17.1. The van der Waals surface area contributed by atoms with Gasteiger partial charge in [0.25, 0.3) is 0 Å². The molecule has 0 amide bonds. The molecule has 5 nitrogen and oxygen atoms in total. The van der Waals surface area contributed by atoms with Crippen LogP contribution in [0, 0.1) is 5.82 Å². The van der Waals surface area contributed by atoms with Crippen molar-refractivity contribution < 1.29 is 4.39 Å². The molecular weight excluding hydrogens is 468 g/mol. The Labute approximate surface area is 181 Å². The Morgan fingerprint density at radius 2 is 1.75 bits per heavy atom. The maximum atomic E-state index is 13.1. The Balaban J connectivity index is 0.00000225. The minimum atomic E-state index is -0.205. The zero-order chi connectivity index (χ0) is 18.6. The van der Waals surface area contributed by atoms with Crippen molar-refractivity contribution in [2.45, 2.75) is 6.42 Å². The van der Waals surface area contributed by atoms with Crippen molar-refractivity contribution in [2.24, 2.45) is 10.7 Å². The second-order valence-electron chi connectivity index (χ2n) is 6.82. The highest BCUT2D eigenvalue weighted by atomic mass is 127. The topological polar surface area (TPSA) is 60.6 Å². The second kappa shape index (κ2) is 9.27. The lowest BCUT2D eigenvalue weighted by molar-refractivity contribution is 0.381. The summed E-state index contributed by atoms with van der Waals surface area (Å²) in [5.41, 5.74) is 9.56. The third-order valence-electron chi connectivity index (χ3n) is 5.04. The molecule has 0 spiro atoms. The number of hydrogen-bond donors (Lipinski definition) is 2. The van der Waals surface area contributed by atoms with E-state index >= 15 is 0 Å². The zero-order valence-corrected chi connectivity index (χ0v) is 18.0. The normalized spacial score (nSPS) is 15.0. The zero-order valence-electron chi connectivity index (χ0n) is 15.6. The SMILES string of the molecule is I.NC(=NCCc1cc2ccccc2[nH]1)N1CCN(c2ccc(F)cc2)CC1. The average Bonchev–Trinajstić information content (AvgIpc) is 3.11. The van der Waals surface area contributed by atoms with E-state index in [4.69, 9.17) is 5.73 Å². The smallest absolute Gasteiger partial charge is 0.191 e. The van der Waals surface area contributed by atoms with Gasteiger partial charge >= 0.3 is 0 Å². The average molecular weight is 493 g/mol. The number of anilines is 1. The summed E-state index contributed by atoms with van der Waals surface area (Å²) in [6.45, 7) is 4.00. The summed E-state index contributed by atoms with van der Waals surface area (Å²) in [4.78, 5) is 12.3. The molecule has 28 heavy (non-hydrogen) atoms. The molecule has 1 saturated heterocycles. The molecule has 0 atom stereocenters. The molecule has 1 aliphatic heterocycles. The van der Waals surface area contributed by atoms with E-state index in [1.807, 2.05) is 24.3 Å². The molecule has 0 saturated carbocycles. The first-order valence-corrected chi connectivity index (χ1v) is 9.31. The van der Waals surface area contributed by atoms with Gasteiger partial charge in [0.05, 0.1) is 0 Å². The van der Waals surface area contributed by atoms with E-state index in [-0.39, 0.29) is 29.8 Å². The maximum Gasteiger partial charge on any atom is 0.191 e. The lowest BCUT2D eigenvalue weighted by Gasteiger charge is -2.36. The number of para-hydroxylation sites is 1. The van der Waals surface area contributed by atoms with Crippen molar-refractivity contribution in [2.75, 3.05) is 37.6 Å². The highest BCUT2D eigenvalue weighted by Gasteiger charge is 2.18. The van der Waals surface area contributed by atoms with Crippen LogP contribution in [-0.4, -0.2) is 48.6 Å². The number of hydrogen-bond acceptors (Lipinski definition) is 2. The first kappa shape index (κ1) is 20.4. The third kappa shape index (κ3) is 4.76. The van der Waals surface area contributed by atoms with Crippen LogP contribution in [0.2, 0.25) is 0 Å². The van der Waals surface area contributed by atoms with Gasteiger partial charge in [-0.05, 0) is 41.8 Å². The van der Waals surface area contributed by atoms with Gasteiger partial charge in [0.2, 0.25) is 0 Å². The van der Waals surface area contributed by atoms with E-state index in [9.17, 15) is 4.39 Å².